The van der Waals surface area contributed by atoms with Crippen molar-refractivity contribution in [3.63, 3.8) is 0 Å². The molecule has 4 aliphatic heterocycles. The quantitative estimate of drug-likeness (QED) is 0.112. The number of aliphatic hydroxyl groups is 8. The smallest absolute Gasteiger partial charge is 0.193 e. The van der Waals surface area contributed by atoms with Gasteiger partial charge in [0.25, 0.3) is 0 Å². The van der Waals surface area contributed by atoms with Gasteiger partial charge in [-0.3, -0.25) is 28.8 Å². The third-order valence-corrected chi connectivity index (χ3v) is 36.0. The average Bonchev–Trinajstić information content (AvgIpc) is 1.16. The van der Waals surface area contributed by atoms with Crippen LogP contribution in [0.25, 0.3) is 0 Å². The van der Waals surface area contributed by atoms with Crippen LogP contribution in [-0.2, 0) is 66.7 Å². The highest BCUT2D eigenvalue weighted by molar-refractivity contribution is 6.02. The van der Waals surface area contributed by atoms with Gasteiger partial charge >= 0.3 is 0 Å². The van der Waals surface area contributed by atoms with Gasteiger partial charge in [0.05, 0.1) is 48.8 Å². The highest BCUT2D eigenvalue weighted by atomic mass is 16.8. The fourth-order valence-corrected chi connectivity index (χ4v) is 31.8. The van der Waals surface area contributed by atoms with Crippen molar-refractivity contribution < 1.29 is 108 Å². The first-order chi connectivity index (χ1) is 55.9. The van der Waals surface area contributed by atoms with Crippen LogP contribution in [-0.4, -0.2) is 198 Å². The zero-order chi connectivity index (χ0) is 85.3. The Morgan fingerprint density at radius 1 is 0.381 bits per heavy atom. The summed E-state index contributed by atoms with van der Waals surface area (Å²) in [6, 6.07) is 0. The van der Waals surface area contributed by atoms with Gasteiger partial charge in [0, 0.05) is 44.3 Å². The monoisotopic (exact) mass is 1640 g/mol. The first-order valence-electron chi connectivity index (χ1n) is 45.1. The van der Waals surface area contributed by atoms with E-state index in [2.05, 4.69) is 78.0 Å². The van der Waals surface area contributed by atoms with Gasteiger partial charge in [0.2, 0.25) is 0 Å². The molecule has 4 saturated heterocycles. The molecule has 20 aliphatic rings. The fraction of sp³-hybridized carbons (Fsp3) is 0.771. The minimum Gasteiger partial charge on any atom is -0.393 e. The molecule has 12 saturated carbocycles. The van der Waals surface area contributed by atoms with E-state index >= 15 is 0 Å². The minimum absolute atomic E-state index is 0.0116. The van der Waals surface area contributed by atoms with Crippen LogP contribution in [0.15, 0.2) is 95.2 Å². The van der Waals surface area contributed by atoms with Gasteiger partial charge < -0.3 is 78.7 Å². The molecular formula is C96H136O22. The maximum Gasteiger partial charge on any atom is 0.193 e. The van der Waals surface area contributed by atoms with Crippen molar-refractivity contribution in [1.82, 2.24) is 0 Å². The van der Waals surface area contributed by atoms with Crippen LogP contribution in [0.4, 0.5) is 0 Å². The summed E-state index contributed by atoms with van der Waals surface area (Å²) in [5.74, 6) is 0.972. The number of rotatable bonds is 8. The standard InChI is InChI=1S/2C23H30O6.2C23H32O5.2C2H6/c2*1-12-28-19-9-16-15-5-4-13-8-14(25)6-7-21(13,2)20(15)17(26)10-22(16,3)23(19,29-12)18(27)11-24;2*1-13-27-19-10-16-15-8-7-14-6-4-5-9-21(14,2)20(15)17(25)11-22(16,3)23(19,28-13)18(26)12-24;2*1-2/h2*6-8,12,15-17,19-20,24,26H,4-5,9-11H2,1-3H3;2*4-6,13,15-17,19-20,24-25H,7-12H2,1-3H3;2*1-2H3/t2*12?,15-,16-,17-,19+,20+,21-,22-,23+;2*13?,15-,16-,17-,19+,20+,21-,22-,23+;;/m0000../s1. The molecule has 4 heterocycles. The molecule has 0 aromatic carbocycles. The maximum absolute atomic E-state index is 13.0. The number of hydrogen-bond acceptors (Lipinski definition) is 22. The zero-order valence-corrected chi connectivity index (χ0v) is 72.6. The molecule has 0 aromatic heterocycles. The van der Waals surface area contributed by atoms with Crippen molar-refractivity contribution in [2.24, 2.45) is 114 Å². The van der Waals surface area contributed by atoms with Gasteiger partial charge in [0.15, 0.2) is 82.3 Å². The molecule has 118 heavy (non-hydrogen) atoms. The lowest BCUT2D eigenvalue weighted by Crippen LogP contribution is -2.63. The maximum atomic E-state index is 13.0. The summed E-state index contributed by atoms with van der Waals surface area (Å²) < 4.78 is 48.9. The van der Waals surface area contributed by atoms with E-state index in [0.29, 0.717) is 50.4 Å². The van der Waals surface area contributed by atoms with E-state index in [1.54, 1.807) is 38.2 Å². The molecule has 0 amide bonds. The third-order valence-electron chi connectivity index (χ3n) is 36.0. The largest absolute Gasteiger partial charge is 0.393 e. The highest BCUT2D eigenvalue weighted by Crippen LogP contribution is 2.75. The Bertz CT molecular complexity index is 3970. The predicted octanol–water partition coefficient (Wildman–Crippen LogP) is 11.4. The SMILES string of the molecule is CC.CC.CC1O[C@@H]2C[C@H]3[C@@H]4CCC5=CC(=O)C=C[C@]5(C)[C@H]4[C@@H](O)C[C@]3(C)[C@]2(C(=O)CO)O1.CC1O[C@@H]2C[C@H]3[C@@H]4CCC5=CC(=O)C=C[C@]5(C)[C@H]4[C@@H](O)C[C@]3(C)[C@]2(C(=O)CO)O1.CC1O[C@@H]2C[C@H]3[C@@H]4CCC5=CC=CC[C@]5(C)[C@H]4[C@@H](O)C[C@]3(C)[C@]2(C(=O)CO)O1.CC1O[C@@H]2C[C@H]3[C@@H]4CCC5=CC=CC[C@]5(C)[C@H]4[C@@H](O)C[C@]3(C)[C@]2(C(=O)CO)O1. The summed E-state index contributed by atoms with van der Waals surface area (Å²) in [5.41, 5.74) is -2.53. The molecule has 0 bridgehead atoms. The van der Waals surface area contributed by atoms with Gasteiger partial charge in [-0.05, 0) is 238 Å². The molecule has 0 radical (unpaired) electrons. The Morgan fingerprint density at radius 3 is 0.890 bits per heavy atom. The molecule has 4 unspecified atom stereocenters. The summed E-state index contributed by atoms with van der Waals surface area (Å²) >= 11 is 0. The Labute approximate surface area is 697 Å². The van der Waals surface area contributed by atoms with E-state index in [9.17, 15) is 69.6 Å². The van der Waals surface area contributed by atoms with Crippen LogP contribution in [0.5, 0.6) is 0 Å². The second-order valence-electron chi connectivity index (χ2n) is 40.4. The average molecular weight is 1640 g/mol. The summed E-state index contributed by atoms with van der Waals surface area (Å²) in [6.07, 6.45) is 32.5. The van der Waals surface area contributed by atoms with E-state index < -0.39 is 132 Å². The molecule has 8 N–H and O–H groups in total. The van der Waals surface area contributed by atoms with Crippen molar-refractivity contribution in [1.29, 1.82) is 0 Å². The minimum atomic E-state index is -1.20. The van der Waals surface area contributed by atoms with Crippen molar-refractivity contribution in [3.8, 4) is 0 Å². The molecular weight excluding hydrogens is 1510 g/mol. The number of ketones is 6. The Kier molecular flexibility index (Phi) is 23.3. The van der Waals surface area contributed by atoms with E-state index in [-0.39, 0.29) is 128 Å². The van der Waals surface area contributed by atoms with Crippen molar-refractivity contribution >= 4 is 34.7 Å². The zero-order valence-electron chi connectivity index (χ0n) is 72.6. The first-order valence-corrected chi connectivity index (χ1v) is 45.1. The van der Waals surface area contributed by atoms with E-state index in [1.807, 2.05) is 67.5 Å². The number of hydrogen-bond donors (Lipinski definition) is 8. The molecule has 652 valence electrons. The fourth-order valence-electron chi connectivity index (χ4n) is 31.8. The number of fused-ring (bicyclic) bond motifs is 28. The molecule has 0 spiro atoms. The number of allylic oxidation sites excluding steroid dienone is 16. The lowest BCUT2D eigenvalue weighted by molar-refractivity contribution is -0.199. The van der Waals surface area contributed by atoms with Crippen molar-refractivity contribution in [3.05, 3.63) is 95.2 Å². The van der Waals surface area contributed by atoms with Crippen LogP contribution in [0.3, 0.4) is 0 Å². The van der Waals surface area contributed by atoms with Crippen LogP contribution in [0.2, 0.25) is 0 Å². The van der Waals surface area contributed by atoms with Gasteiger partial charge in [-0.1, -0.05) is 154 Å². The Morgan fingerprint density at radius 2 is 0.627 bits per heavy atom. The number of carbonyl (C=O) groups excluding carboxylic acids is 6. The van der Waals surface area contributed by atoms with Crippen molar-refractivity contribution in [2.45, 2.75) is 323 Å². The molecule has 36 atom stereocenters. The van der Waals surface area contributed by atoms with Crippen molar-refractivity contribution in [2.75, 3.05) is 26.4 Å². The number of ether oxygens (including phenoxy) is 8. The second-order valence-corrected chi connectivity index (χ2v) is 40.4. The molecule has 16 aliphatic carbocycles. The van der Waals surface area contributed by atoms with Crippen LogP contribution < -0.4 is 0 Å². The Hall–Kier alpha value is -4.70. The third kappa shape index (κ3) is 12.0. The lowest BCUT2D eigenvalue weighted by atomic mass is 9.45. The van der Waals surface area contributed by atoms with Crippen LogP contribution in [0.1, 0.15) is 226 Å². The Balaban J connectivity index is 0.000000121. The molecule has 0 aromatic rings. The lowest BCUT2D eigenvalue weighted by Gasteiger charge is -2.60. The van der Waals surface area contributed by atoms with E-state index in [0.717, 1.165) is 88.2 Å². The van der Waals surface area contributed by atoms with Gasteiger partial charge in [-0.15, -0.1) is 0 Å². The number of carbonyl (C=O) groups is 6. The van der Waals surface area contributed by atoms with E-state index in [1.165, 1.54) is 11.1 Å². The first kappa shape index (κ1) is 88.2. The van der Waals surface area contributed by atoms with Gasteiger partial charge in [0.1, 0.15) is 26.4 Å². The van der Waals surface area contributed by atoms with Crippen LogP contribution >= 0.6 is 0 Å². The molecule has 22 heteroatoms. The summed E-state index contributed by atoms with van der Waals surface area (Å²) in [4.78, 5) is 76.0. The highest BCUT2D eigenvalue weighted by Gasteiger charge is 2.81. The molecule has 20 rings (SSSR count). The normalized spacial score (nSPS) is 52.0. The molecule has 16 fully saturated rings. The second kappa shape index (κ2) is 31.2. The van der Waals surface area contributed by atoms with Crippen LogP contribution in [0, 0.1) is 114 Å². The van der Waals surface area contributed by atoms with Gasteiger partial charge in [-0.2, -0.15) is 0 Å². The predicted molar refractivity (Wildman–Crippen MR) is 436 cm³/mol. The molecule has 22 nitrogen and oxygen atoms in total. The number of Topliss-reactive ketones (excluding diaryl/α,β-unsaturated/α-hetero) is 4. The summed E-state index contributed by atoms with van der Waals surface area (Å²) in [5, 5.41) is 84.8. The van der Waals surface area contributed by atoms with Gasteiger partial charge in [-0.25, -0.2) is 0 Å². The summed E-state index contributed by atoms with van der Waals surface area (Å²) in [7, 11) is 0. The topological polar surface area (TPSA) is 338 Å². The van der Waals surface area contributed by atoms with E-state index in [4.69, 9.17) is 37.9 Å². The summed E-state index contributed by atoms with van der Waals surface area (Å²) in [6.45, 7) is 30.1. The number of aliphatic hydroxyl groups excluding tert-OH is 8.